The molecule has 0 unspecified atom stereocenters. The van der Waals surface area contributed by atoms with Crippen LogP contribution in [0.25, 0.3) is 17.4 Å². The van der Waals surface area contributed by atoms with Gasteiger partial charge in [-0.2, -0.15) is 0 Å². The van der Waals surface area contributed by atoms with Crippen LogP contribution in [-0.4, -0.2) is 29.0 Å². The molecule has 4 aromatic rings. The average Bonchev–Trinajstić information content (AvgIpc) is 3.42. The summed E-state index contributed by atoms with van der Waals surface area (Å²) in [5, 5.41) is 11.3. The topological polar surface area (TPSA) is 106 Å². The smallest absolute Gasteiger partial charge is 0.270 e. The fraction of sp³-hybridized carbons (Fsp3) is 0.100. The molecule has 0 atom stereocenters. The molecule has 0 N–H and O–H groups in total. The van der Waals surface area contributed by atoms with Crippen LogP contribution in [0.3, 0.4) is 0 Å². The number of benzene rings is 3. The number of nitrogens with zero attached hydrogens (tertiary/aromatic N) is 3. The molecule has 2 amide bonds. The van der Waals surface area contributed by atoms with Crippen LogP contribution in [0.2, 0.25) is 0 Å². The van der Waals surface area contributed by atoms with Gasteiger partial charge >= 0.3 is 0 Å². The Balaban J connectivity index is 1.61. The van der Waals surface area contributed by atoms with Gasteiger partial charge in [0.2, 0.25) is 0 Å². The minimum atomic E-state index is -0.604. The van der Waals surface area contributed by atoms with Crippen molar-refractivity contribution < 1.29 is 23.7 Å². The number of methoxy groups -OCH3 is 1. The summed E-state index contributed by atoms with van der Waals surface area (Å²) in [5.74, 6) is -0.375. The molecule has 1 fully saturated rings. The molecule has 200 valence electrons. The first-order valence-electron chi connectivity index (χ1n) is 12.2. The zero-order chi connectivity index (χ0) is 28.6. The molecular formula is C30H23N3O6S. The molecular weight excluding hydrogens is 530 g/mol. The van der Waals surface area contributed by atoms with Crippen molar-refractivity contribution in [2.75, 3.05) is 16.9 Å². The molecule has 40 heavy (non-hydrogen) atoms. The van der Waals surface area contributed by atoms with Crippen LogP contribution in [0.4, 0.5) is 17.1 Å². The summed E-state index contributed by atoms with van der Waals surface area (Å²) in [7, 11) is 1.44. The van der Waals surface area contributed by atoms with Crippen molar-refractivity contribution >= 4 is 52.3 Å². The van der Waals surface area contributed by atoms with Gasteiger partial charge in [0.05, 0.1) is 29.0 Å². The Kier molecular flexibility index (Phi) is 7.02. The lowest BCUT2D eigenvalue weighted by Crippen LogP contribution is -2.57. The second-order valence-corrected chi connectivity index (χ2v) is 9.43. The van der Waals surface area contributed by atoms with E-state index < -0.39 is 16.7 Å². The number of ether oxygens (including phenoxy) is 1. The minimum absolute atomic E-state index is 0.0306. The van der Waals surface area contributed by atoms with Crippen LogP contribution in [0.5, 0.6) is 5.75 Å². The van der Waals surface area contributed by atoms with E-state index in [0.717, 1.165) is 11.1 Å². The Hall–Kier alpha value is -5.09. The lowest BCUT2D eigenvalue weighted by Gasteiger charge is -2.36. The highest BCUT2D eigenvalue weighted by atomic mass is 32.1. The predicted molar refractivity (Wildman–Crippen MR) is 155 cm³/mol. The molecule has 0 aliphatic carbocycles. The molecule has 0 spiro atoms. The van der Waals surface area contributed by atoms with Crippen molar-refractivity contribution in [1.82, 2.24) is 0 Å². The monoisotopic (exact) mass is 553 g/mol. The second-order valence-electron chi connectivity index (χ2n) is 9.07. The largest absolute Gasteiger partial charge is 0.496 e. The third kappa shape index (κ3) is 4.76. The number of para-hydroxylation sites is 1. The molecule has 0 radical (unpaired) electrons. The van der Waals surface area contributed by atoms with Crippen LogP contribution in [0, 0.1) is 24.0 Å². The highest BCUT2D eigenvalue weighted by Gasteiger charge is 2.41. The predicted octanol–water partition coefficient (Wildman–Crippen LogP) is 6.23. The van der Waals surface area contributed by atoms with E-state index in [-0.39, 0.29) is 27.9 Å². The third-order valence-corrected chi connectivity index (χ3v) is 6.95. The molecule has 2 heterocycles. The van der Waals surface area contributed by atoms with Crippen molar-refractivity contribution in [2.45, 2.75) is 13.8 Å². The van der Waals surface area contributed by atoms with Gasteiger partial charge in [-0.25, -0.2) is 0 Å². The number of carbonyl (C=O) groups is 2. The van der Waals surface area contributed by atoms with E-state index in [0.29, 0.717) is 22.7 Å². The van der Waals surface area contributed by atoms with Crippen molar-refractivity contribution in [3.05, 3.63) is 111 Å². The fourth-order valence-electron chi connectivity index (χ4n) is 4.35. The maximum atomic E-state index is 13.8. The minimum Gasteiger partial charge on any atom is -0.496 e. The first-order chi connectivity index (χ1) is 19.2. The van der Waals surface area contributed by atoms with E-state index in [4.69, 9.17) is 21.4 Å². The van der Waals surface area contributed by atoms with Crippen LogP contribution >= 0.6 is 12.2 Å². The lowest BCUT2D eigenvalue weighted by molar-refractivity contribution is -0.384. The molecule has 1 saturated heterocycles. The number of rotatable bonds is 6. The van der Waals surface area contributed by atoms with Gasteiger partial charge in [-0.15, -0.1) is 0 Å². The van der Waals surface area contributed by atoms with Gasteiger partial charge in [0.15, 0.2) is 5.11 Å². The van der Waals surface area contributed by atoms with Crippen molar-refractivity contribution in [2.24, 2.45) is 0 Å². The zero-order valence-electron chi connectivity index (χ0n) is 21.8. The van der Waals surface area contributed by atoms with E-state index in [1.807, 2.05) is 32.0 Å². The Labute approximate surface area is 235 Å². The van der Waals surface area contributed by atoms with Crippen molar-refractivity contribution in [1.29, 1.82) is 0 Å². The number of amides is 2. The molecule has 1 aliphatic heterocycles. The molecule has 1 aliphatic rings. The third-order valence-electron chi connectivity index (χ3n) is 6.59. The number of furan rings is 1. The van der Waals surface area contributed by atoms with Crippen molar-refractivity contribution in [3.8, 4) is 17.1 Å². The molecule has 1 aromatic heterocycles. The summed E-state index contributed by atoms with van der Waals surface area (Å²) in [5.41, 5.74) is 3.09. The van der Waals surface area contributed by atoms with E-state index in [2.05, 4.69) is 0 Å². The Morgan fingerprint density at radius 1 is 0.875 bits per heavy atom. The highest BCUT2D eigenvalue weighted by molar-refractivity contribution is 7.81. The maximum absolute atomic E-state index is 13.8. The average molecular weight is 554 g/mol. The summed E-state index contributed by atoms with van der Waals surface area (Å²) in [4.78, 5) is 41.0. The number of hydrogen-bond acceptors (Lipinski definition) is 7. The van der Waals surface area contributed by atoms with Crippen LogP contribution in [0.1, 0.15) is 16.9 Å². The van der Waals surface area contributed by atoms with Gasteiger partial charge in [-0.05, 0) is 85.7 Å². The summed E-state index contributed by atoms with van der Waals surface area (Å²) in [6.45, 7) is 3.89. The lowest BCUT2D eigenvalue weighted by atomic mass is 10.1. The maximum Gasteiger partial charge on any atom is 0.270 e. The second kappa shape index (κ2) is 10.6. The van der Waals surface area contributed by atoms with Crippen LogP contribution < -0.4 is 14.5 Å². The van der Waals surface area contributed by atoms with E-state index in [1.165, 1.54) is 41.2 Å². The highest BCUT2D eigenvalue weighted by Crippen LogP contribution is 2.36. The molecule has 0 bridgehead atoms. The SMILES string of the molecule is COc1ccc([N+](=O)[O-])cc1-c1ccc(/C=C2\C(=O)N(c3ccccc3)C(=S)N(c3ccc(C)c(C)c3)C2=O)o1. The summed E-state index contributed by atoms with van der Waals surface area (Å²) in [6.07, 6.45) is 1.35. The van der Waals surface area contributed by atoms with Gasteiger partial charge in [0.1, 0.15) is 22.8 Å². The number of nitro benzene ring substituents is 1. The number of hydrogen-bond donors (Lipinski definition) is 0. The van der Waals surface area contributed by atoms with Crippen LogP contribution in [-0.2, 0) is 9.59 Å². The quantitative estimate of drug-likeness (QED) is 0.0916. The molecule has 9 nitrogen and oxygen atoms in total. The Morgan fingerprint density at radius 2 is 1.57 bits per heavy atom. The van der Waals surface area contributed by atoms with Gasteiger partial charge < -0.3 is 9.15 Å². The van der Waals surface area contributed by atoms with Crippen molar-refractivity contribution in [3.63, 3.8) is 0 Å². The van der Waals surface area contributed by atoms with Gasteiger partial charge in [0.25, 0.3) is 17.5 Å². The summed E-state index contributed by atoms with van der Waals surface area (Å²) in [6, 6.07) is 21.6. The van der Waals surface area contributed by atoms with E-state index in [1.54, 1.807) is 42.5 Å². The molecule has 5 rings (SSSR count). The number of thiocarbonyl (C=S) groups is 1. The normalized spacial score (nSPS) is 14.7. The van der Waals surface area contributed by atoms with Gasteiger partial charge in [0, 0.05) is 12.1 Å². The molecule has 3 aromatic carbocycles. The zero-order valence-corrected chi connectivity index (χ0v) is 22.6. The summed E-state index contributed by atoms with van der Waals surface area (Å²) >= 11 is 5.68. The first kappa shape index (κ1) is 26.5. The van der Waals surface area contributed by atoms with E-state index in [9.17, 15) is 19.7 Å². The molecule has 10 heteroatoms. The van der Waals surface area contributed by atoms with Gasteiger partial charge in [-0.3, -0.25) is 29.5 Å². The Bertz CT molecular complexity index is 1710. The standard InChI is InChI=1S/C30H23N3O6S/c1-18-9-10-21(15-19(18)2)32-29(35)25(28(34)31(30(32)40)20-7-5-4-6-8-20)17-23-12-14-27(39-23)24-16-22(33(36)37)11-13-26(24)38-3/h4-17H,1-3H3/b25-17+. The fourth-order valence-corrected chi connectivity index (χ4v) is 4.72. The number of aryl methyl sites for hydroxylation is 2. The number of non-ortho nitro benzene ring substituents is 1. The van der Waals surface area contributed by atoms with E-state index >= 15 is 0 Å². The molecule has 0 saturated carbocycles. The number of anilines is 2. The first-order valence-corrected chi connectivity index (χ1v) is 12.6. The summed E-state index contributed by atoms with van der Waals surface area (Å²) < 4.78 is 11.3. The number of nitro groups is 1. The van der Waals surface area contributed by atoms with Gasteiger partial charge in [-0.1, -0.05) is 24.3 Å². The Morgan fingerprint density at radius 3 is 2.23 bits per heavy atom. The number of carbonyl (C=O) groups excluding carboxylic acids is 2. The van der Waals surface area contributed by atoms with Crippen LogP contribution in [0.15, 0.2) is 88.9 Å².